The molecule has 3 amide bonds. The highest BCUT2D eigenvalue weighted by atomic mass is 127. The Morgan fingerprint density at radius 2 is 1.83 bits per heavy atom. The quantitative estimate of drug-likeness (QED) is 0.248. The van der Waals surface area contributed by atoms with Crippen LogP contribution in [0.3, 0.4) is 0 Å². The van der Waals surface area contributed by atoms with Crippen molar-refractivity contribution in [3.63, 3.8) is 0 Å². The number of benzene rings is 2. The zero-order valence-electron chi connectivity index (χ0n) is 19.8. The molecular formula is C26H26BrIN2O5S. The van der Waals surface area contributed by atoms with Gasteiger partial charge in [0, 0.05) is 16.7 Å². The second-order valence-corrected chi connectivity index (χ2v) is 11.5. The van der Waals surface area contributed by atoms with Gasteiger partial charge in [-0.15, -0.1) is 0 Å². The molecule has 2 aliphatic heterocycles. The SMILES string of the molecule is CCOc1cc(/C=C2\SC(=O)N(CC(=O)N3CCCCC3)C2=O)cc(Br)c1OCc1ccc(I)cc1. The second kappa shape index (κ2) is 12.5. The Hall–Kier alpha value is -2.05. The topological polar surface area (TPSA) is 76.2 Å². The summed E-state index contributed by atoms with van der Waals surface area (Å²) in [5, 5.41) is -0.432. The first kappa shape index (κ1) is 27.0. The van der Waals surface area contributed by atoms with Gasteiger partial charge in [0.15, 0.2) is 11.5 Å². The van der Waals surface area contributed by atoms with E-state index >= 15 is 0 Å². The number of likely N-dealkylation sites (tertiary alicyclic amines) is 1. The number of nitrogens with zero attached hydrogens (tertiary/aromatic N) is 2. The Kier molecular flexibility index (Phi) is 9.35. The van der Waals surface area contributed by atoms with Crippen molar-refractivity contribution in [3.8, 4) is 11.5 Å². The van der Waals surface area contributed by atoms with Gasteiger partial charge in [0.25, 0.3) is 11.1 Å². The molecule has 2 heterocycles. The van der Waals surface area contributed by atoms with E-state index in [1.807, 2.05) is 37.3 Å². The Morgan fingerprint density at radius 3 is 2.53 bits per heavy atom. The van der Waals surface area contributed by atoms with Gasteiger partial charge in [-0.3, -0.25) is 19.3 Å². The summed E-state index contributed by atoms with van der Waals surface area (Å²) in [4.78, 5) is 41.1. The minimum atomic E-state index is -0.455. The monoisotopic (exact) mass is 684 g/mol. The summed E-state index contributed by atoms with van der Waals surface area (Å²) in [5.41, 5.74) is 1.71. The van der Waals surface area contributed by atoms with Crippen LogP contribution in [-0.2, 0) is 16.2 Å². The molecule has 0 unspecified atom stereocenters. The molecule has 0 radical (unpaired) electrons. The lowest BCUT2D eigenvalue weighted by molar-refractivity contribution is -0.136. The molecule has 36 heavy (non-hydrogen) atoms. The third-order valence-corrected chi connectivity index (χ3v) is 8.02. The van der Waals surface area contributed by atoms with E-state index in [1.54, 1.807) is 17.0 Å². The van der Waals surface area contributed by atoms with E-state index in [0.29, 0.717) is 47.8 Å². The molecule has 4 rings (SSSR count). The molecule has 0 aromatic heterocycles. The zero-order chi connectivity index (χ0) is 25.7. The highest BCUT2D eigenvalue weighted by Gasteiger charge is 2.37. The number of hydrogen-bond acceptors (Lipinski definition) is 6. The van der Waals surface area contributed by atoms with Gasteiger partial charge >= 0.3 is 0 Å². The van der Waals surface area contributed by atoms with Crippen LogP contribution in [0, 0.1) is 3.57 Å². The zero-order valence-corrected chi connectivity index (χ0v) is 24.4. The molecule has 10 heteroatoms. The van der Waals surface area contributed by atoms with Gasteiger partial charge in [-0.05, 0) is 118 Å². The predicted molar refractivity (Wildman–Crippen MR) is 152 cm³/mol. The molecule has 0 saturated carbocycles. The van der Waals surface area contributed by atoms with Crippen LogP contribution in [0.4, 0.5) is 4.79 Å². The molecule has 0 atom stereocenters. The molecule has 190 valence electrons. The normalized spacial score (nSPS) is 17.1. The number of hydrogen-bond donors (Lipinski definition) is 0. The summed E-state index contributed by atoms with van der Waals surface area (Å²) >= 11 is 6.67. The van der Waals surface area contributed by atoms with Crippen molar-refractivity contribution in [2.45, 2.75) is 32.8 Å². The number of ether oxygens (including phenoxy) is 2. The summed E-state index contributed by atoms with van der Waals surface area (Å²) in [6, 6.07) is 11.7. The van der Waals surface area contributed by atoms with Crippen molar-refractivity contribution in [2.75, 3.05) is 26.2 Å². The van der Waals surface area contributed by atoms with E-state index < -0.39 is 11.1 Å². The summed E-state index contributed by atoms with van der Waals surface area (Å²) in [6.07, 6.45) is 4.65. The van der Waals surface area contributed by atoms with Gasteiger partial charge < -0.3 is 14.4 Å². The van der Waals surface area contributed by atoms with Gasteiger partial charge in [-0.25, -0.2) is 0 Å². The number of carbonyl (C=O) groups is 3. The molecule has 2 saturated heterocycles. The summed E-state index contributed by atoms with van der Waals surface area (Å²) in [5.74, 6) is 0.452. The van der Waals surface area contributed by atoms with E-state index in [0.717, 1.165) is 45.1 Å². The van der Waals surface area contributed by atoms with E-state index in [-0.39, 0.29) is 17.4 Å². The average Bonchev–Trinajstić information content (AvgIpc) is 3.12. The minimum absolute atomic E-state index is 0.186. The van der Waals surface area contributed by atoms with E-state index in [2.05, 4.69) is 38.5 Å². The van der Waals surface area contributed by atoms with Crippen molar-refractivity contribution >= 4 is 73.4 Å². The lowest BCUT2D eigenvalue weighted by Gasteiger charge is -2.27. The van der Waals surface area contributed by atoms with Crippen LogP contribution in [0.25, 0.3) is 6.08 Å². The first-order chi connectivity index (χ1) is 17.4. The van der Waals surface area contributed by atoms with Crippen LogP contribution in [0.2, 0.25) is 0 Å². The number of imide groups is 1. The first-order valence-electron chi connectivity index (χ1n) is 11.7. The molecule has 0 N–H and O–H groups in total. The molecule has 2 aromatic rings. The maximum absolute atomic E-state index is 13.0. The molecular weight excluding hydrogens is 659 g/mol. The summed E-state index contributed by atoms with van der Waals surface area (Å²) in [7, 11) is 0. The second-order valence-electron chi connectivity index (χ2n) is 8.39. The molecule has 2 aliphatic rings. The van der Waals surface area contributed by atoms with Crippen LogP contribution < -0.4 is 9.47 Å². The first-order valence-corrected chi connectivity index (χ1v) is 14.4. The fourth-order valence-electron chi connectivity index (χ4n) is 3.98. The lowest BCUT2D eigenvalue weighted by atomic mass is 10.1. The van der Waals surface area contributed by atoms with Gasteiger partial charge in [-0.1, -0.05) is 12.1 Å². The number of thioether (sulfide) groups is 1. The molecule has 0 spiro atoms. The molecule has 2 aromatic carbocycles. The van der Waals surface area contributed by atoms with E-state index in [1.165, 1.54) is 0 Å². The number of piperidine rings is 1. The number of halogens is 2. The maximum atomic E-state index is 13.0. The van der Waals surface area contributed by atoms with Crippen molar-refractivity contribution in [1.82, 2.24) is 9.80 Å². The Balaban J connectivity index is 1.50. The van der Waals surface area contributed by atoms with Crippen molar-refractivity contribution in [1.29, 1.82) is 0 Å². The Bertz CT molecular complexity index is 1180. The standard InChI is InChI=1S/C26H26BrIN2O5S/c1-2-34-21-13-18(12-20(27)24(21)35-16-17-6-8-19(28)9-7-17)14-22-25(32)30(26(33)36-22)15-23(31)29-10-4-3-5-11-29/h6-9,12-14H,2-5,10-11,15-16H2,1H3/b22-14-. The van der Waals surface area contributed by atoms with Crippen LogP contribution in [-0.4, -0.2) is 53.1 Å². The van der Waals surface area contributed by atoms with Gasteiger partial charge in [-0.2, -0.15) is 0 Å². The number of rotatable bonds is 8. The third kappa shape index (κ3) is 6.63. The van der Waals surface area contributed by atoms with Crippen LogP contribution >= 0.6 is 50.3 Å². The number of amides is 3. The van der Waals surface area contributed by atoms with Gasteiger partial charge in [0.05, 0.1) is 16.0 Å². The van der Waals surface area contributed by atoms with Crippen LogP contribution in [0.5, 0.6) is 11.5 Å². The minimum Gasteiger partial charge on any atom is -0.490 e. The molecule has 7 nitrogen and oxygen atoms in total. The average molecular weight is 685 g/mol. The fourth-order valence-corrected chi connectivity index (χ4v) is 5.75. The Morgan fingerprint density at radius 1 is 1.11 bits per heavy atom. The third-order valence-electron chi connectivity index (χ3n) is 5.80. The van der Waals surface area contributed by atoms with Crippen LogP contribution in [0.1, 0.15) is 37.3 Å². The van der Waals surface area contributed by atoms with Crippen LogP contribution in [0.15, 0.2) is 45.8 Å². The fraction of sp³-hybridized carbons (Fsp3) is 0.346. The van der Waals surface area contributed by atoms with E-state index in [9.17, 15) is 14.4 Å². The molecule has 0 bridgehead atoms. The Labute approximate surface area is 236 Å². The summed E-state index contributed by atoms with van der Waals surface area (Å²) < 4.78 is 13.7. The number of carbonyl (C=O) groups excluding carboxylic acids is 3. The van der Waals surface area contributed by atoms with Gasteiger partial charge in [0.2, 0.25) is 5.91 Å². The smallest absolute Gasteiger partial charge is 0.294 e. The van der Waals surface area contributed by atoms with Crippen molar-refractivity contribution in [2.24, 2.45) is 0 Å². The summed E-state index contributed by atoms with van der Waals surface area (Å²) in [6.45, 7) is 3.83. The molecule has 2 fully saturated rings. The van der Waals surface area contributed by atoms with Crippen molar-refractivity contribution < 1.29 is 23.9 Å². The highest BCUT2D eigenvalue weighted by molar-refractivity contribution is 14.1. The largest absolute Gasteiger partial charge is 0.490 e. The highest BCUT2D eigenvalue weighted by Crippen LogP contribution is 2.39. The van der Waals surface area contributed by atoms with E-state index in [4.69, 9.17) is 9.47 Å². The lowest BCUT2D eigenvalue weighted by Crippen LogP contribution is -2.44. The van der Waals surface area contributed by atoms with Crippen molar-refractivity contribution in [3.05, 3.63) is 60.5 Å². The molecule has 0 aliphatic carbocycles. The predicted octanol–water partition coefficient (Wildman–Crippen LogP) is 6.08. The maximum Gasteiger partial charge on any atom is 0.294 e. The van der Waals surface area contributed by atoms with Gasteiger partial charge in [0.1, 0.15) is 13.2 Å².